The Labute approximate surface area is 59.0 Å². The first kappa shape index (κ1) is 7.92. The van der Waals surface area contributed by atoms with Crippen molar-refractivity contribution in [3.05, 3.63) is 0 Å². The molecule has 0 bridgehead atoms. The lowest BCUT2D eigenvalue weighted by atomic mass is 9.81. The SMILES string of the molecule is OC(CC1CCC1)C(F)F. The van der Waals surface area contributed by atoms with Gasteiger partial charge in [-0.2, -0.15) is 0 Å². The predicted octanol–water partition coefficient (Wildman–Crippen LogP) is 1.80. The molecule has 1 unspecified atom stereocenters. The number of aliphatic hydroxyl groups is 1. The minimum Gasteiger partial charge on any atom is -0.387 e. The molecule has 0 radical (unpaired) electrons. The zero-order chi connectivity index (χ0) is 7.56. The molecule has 1 N–H and O–H groups in total. The largest absolute Gasteiger partial charge is 0.387 e. The van der Waals surface area contributed by atoms with Crippen molar-refractivity contribution < 1.29 is 13.9 Å². The number of halogens is 2. The van der Waals surface area contributed by atoms with Gasteiger partial charge >= 0.3 is 0 Å². The van der Waals surface area contributed by atoms with Crippen LogP contribution in [0.25, 0.3) is 0 Å². The lowest BCUT2D eigenvalue weighted by molar-refractivity contribution is -0.0240. The zero-order valence-electron chi connectivity index (χ0n) is 5.76. The Morgan fingerprint density at radius 3 is 2.30 bits per heavy atom. The van der Waals surface area contributed by atoms with E-state index in [0.717, 1.165) is 19.3 Å². The van der Waals surface area contributed by atoms with Crippen molar-refractivity contribution in [2.75, 3.05) is 0 Å². The van der Waals surface area contributed by atoms with Gasteiger partial charge in [0, 0.05) is 0 Å². The molecule has 0 heterocycles. The molecule has 1 fully saturated rings. The molecule has 3 heteroatoms. The Morgan fingerprint density at radius 1 is 1.40 bits per heavy atom. The first-order chi connectivity index (χ1) is 4.70. The highest BCUT2D eigenvalue weighted by atomic mass is 19.3. The Morgan fingerprint density at radius 2 is 2.00 bits per heavy atom. The van der Waals surface area contributed by atoms with E-state index in [9.17, 15) is 8.78 Å². The fraction of sp³-hybridized carbons (Fsp3) is 1.00. The number of rotatable bonds is 3. The van der Waals surface area contributed by atoms with Crippen LogP contribution >= 0.6 is 0 Å². The van der Waals surface area contributed by atoms with Crippen LogP contribution in [0.1, 0.15) is 25.7 Å². The fourth-order valence-electron chi connectivity index (χ4n) is 1.17. The van der Waals surface area contributed by atoms with Gasteiger partial charge < -0.3 is 5.11 Å². The van der Waals surface area contributed by atoms with E-state index in [1.165, 1.54) is 0 Å². The molecule has 1 nitrogen and oxygen atoms in total. The molecular formula is C7H12F2O. The van der Waals surface area contributed by atoms with Crippen molar-refractivity contribution in [3.8, 4) is 0 Å². The van der Waals surface area contributed by atoms with Gasteiger partial charge in [0.15, 0.2) is 0 Å². The van der Waals surface area contributed by atoms with Crippen LogP contribution in [0, 0.1) is 5.92 Å². The molecular weight excluding hydrogens is 138 g/mol. The van der Waals surface area contributed by atoms with Crippen molar-refractivity contribution in [1.29, 1.82) is 0 Å². The van der Waals surface area contributed by atoms with E-state index < -0.39 is 12.5 Å². The molecule has 0 spiro atoms. The number of hydrogen-bond donors (Lipinski definition) is 1. The molecule has 0 saturated heterocycles. The van der Waals surface area contributed by atoms with E-state index in [0.29, 0.717) is 5.92 Å². The van der Waals surface area contributed by atoms with Crippen LogP contribution in [0.15, 0.2) is 0 Å². The smallest absolute Gasteiger partial charge is 0.264 e. The molecule has 1 rings (SSSR count). The van der Waals surface area contributed by atoms with Crippen molar-refractivity contribution in [2.45, 2.75) is 38.2 Å². The molecule has 10 heavy (non-hydrogen) atoms. The Hall–Kier alpha value is -0.180. The van der Waals surface area contributed by atoms with Gasteiger partial charge in [-0.25, -0.2) is 8.78 Å². The van der Waals surface area contributed by atoms with Gasteiger partial charge in [-0.3, -0.25) is 0 Å². The zero-order valence-corrected chi connectivity index (χ0v) is 5.76. The van der Waals surface area contributed by atoms with Gasteiger partial charge in [-0.1, -0.05) is 19.3 Å². The Bertz CT molecular complexity index is 102. The summed E-state index contributed by atoms with van der Waals surface area (Å²) in [5.74, 6) is 0.365. The lowest BCUT2D eigenvalue weighted by Gasteiger charge is -2.27. The van der Waals surface area contributed by atoms with E-state index in [2.05, 4.69) is 0 Å². The highest BCUT2D eigenvalue weighted by molar-refractivity contribution is 4.73. The van der Waals surface area contributed by atoms with Crippen molar-refractivity contribution in [3.63, 3.8) is 0 Å². The Kier molecular flexibility index (Phi) is 2.60. The van der Waals surface area contributed by atoms with Gasteiger partial charge in [0.25, 0.3) is 6.43 Å². The molecule has 60 valence electrons. The minimum atomic E-state index is -2.56. The van der Waals surface area contributed by atoms with E-state index in [1.807, 2.05) is 0 Å². The summed E-state index contributed by atoms with van der Waals surface area (Å²) in [5, 5.41) is 8.71. The maximum atomic E-state index is 11.7. The second-order valence-electron chi connectivity index (χ2n) is 2.93. The average molecular weight is 150 g/mol. The maximum absolute atomic E-state index is 11.7. The first-order valence-electron chi connectivity index (χ1n) is 3.66. The predicted molar refractivity (Wildman–Crippen MR) is 34.0 cm³/mol. The molecule has 1 atom stereocenters. The highest BCUT2D eigenvalue weighted by Crippen LogP contribution is 2.31. The summed E-state index contributed by atoms with van der Waals surface area (Å²) < 4.78 is 23.4. The molecule has 1 aliphatic carbocycles. The standard InChI is InChI=1S/C7H12F2O/c8-7(9)6(10)4-5-2-1-3-5/h5-7,10H,1-4H2. The maximum Gasteiger partial charge on any atom is 0.264 e. The van der Waals surface area contributed by atoms with Gasteiger partial charge in [-0.15, -0.1) is 0 Å². The van der Waals surface area contributed by atoms with Crippen LogP contribution in [-0.2, 0) is 0 Å². The molecule has 0 aliphatic heterocycles. The summed E-state index contributed by atoms with van der Waals surface area (Å²) in [6.07, 6.45) is -0.475. The molecule has 0 aromatic carbocycles. The van der Waals surface area contributed by atoms with Gasteiger partial charge in [0.2, 0.25) is 0 Å². The second-order valence-corrected chi connectivity index (χ2v) is 2.93. The summed E-state index contributed by atoms with van der Waals surface area (Å²) in [7, 11) is 0. The first-order valence-corrected chi connectivity index (χ1v) is 3.66. The minimum absolute atomic E-state index is 0.289. The quantitative estimate of drug-likeness (QED) is 0.650. The monoisotopic (exact) mass is 150 g/mol. The van der Waals surface area contributed by atoms with Gasteiger partial charge in [-0.05, 0) is 12.3 Å². The third kappa shape index (κ3) is 1.90. The molecule has 0 aromatic rings. The van der Waals surface area contributed by atoms with E-state index in [1.54, 1.807) is 0 Å². The third-order valence-electron chi connectivity index (χ3n) is 2.09. The van der Waals surface area contributed by atoms with Gasteiger partial charge in [0.1, 0.15) is 6.10 Å². The lowest BCUT2D eigenvalue weighted by Crippen LogP contribution is -2.24. The van der Waals surface area contributed by atoms with Crippen molar-refractivity contribution in [2.24, 2.45) is 5.92 Å². The van der Waals surface area contributed by atoms with Crippen molar-refractivity contribution in [1.82, 2.24) is 0 Å². The second kappa shape index (κ2) is 3.28. The van der Waals surface area contributed by atoms with E-state index in [-0.39, 0.29) is 6.42 Å². The van der Waals surface area contributed by atoms with Crippen LogP contribution in [0.5, 0.6) is 0 Å². The summed E-state index contributed by atoms with van der Waals surface area (Å²) in [5.41, 5.74) is 0. The topological polar surface area (TPSA) is 20.2 Å². The van der Waals surface area contributed by atoms with Crippen LogP contribution in [0.4, 0.5) is 8.78 Å². The summed E-state index contributed by atoms with van der Waals surface area (Å²) >= 11 is 0. The fourth-order valence-corrected chi connectivity index (χ4v) is 1.17. The van der Waals surface area contributed by atoms with Crippen LogP contribution in [0.3, 0.4) is 0 Å². The van der Waals surface area contributed by atoms with E-state index in [4.69, 9.17) is 5.11 Å². The normalized spacial score (nSPS) is 22.8. The highest BCUT2D eigenvalue weighted by Gasteiger charge is 2.25. The van der Waals surface area contributed by atoms with Crippen LogP contribution in [-0.4, -0.2) is 17.6 Å². The Balaban J connectivity index is 2.10. The molecule has 0 amide bonds. The number of hydrogen-bond acceptors (Lipinski definition) is 1. The van der Waals surface area contributed by atoms with Crippen molar-refractivity contribution >= 4 is 0 Å². The molecule has 1 aliphatic rings. The number of aliphatic hydroxyl groups excluding tert-OH is 1. The summed E-state index contributed by atoms with van der Waals surface area (Å²) in [6, 6.07) is 0. The summed E-state index contributed by atoms with van der Waals surface area (Å²) in [6.45, 7) is 0. The molecule has 0 aromatic heterocycles. The molecule has 1 saturated carbocycles. The third-order valence-corrected chi connectivity index (χ3v) is 2.09. The summed E-state index contributed by atoms with van der Waals surface area (Å²) in [4.78, 5) is 0. The van der Waals surface area contributed by atoms with Crippen LogP contribution < -0.4 is 0 Å². The average Bonchev–Trinajstić information content (AvgIpc) is 1.77. The van der Waals surface area contributed by atoms with Crippen LogP contribution in [0.2, 0.25) is 0 Å². The van der Waals surface area contributed by atoms with Gasteiger partial charge in [0.05, 0.1) is 0 Å². The number of alkyl halides is 2. The van der Waals surface area contributed by atoms with E-state index >= 15 is 0 Å².